The van der Waals surface area contributed by atoms with E-state index in [0.717, 1.165) is 5.56 Å². The Kier molecular flexibility index (Phi) is 7.17. The molecule has 2 N–H and O–H groups in total. The van der Waals surface area contributed by atoms with Gasteiger partial charge in [-0.3, -0.25) is 9.59 Å². The van der Waals surface area contributed by atoms with Crippen LogP contribution in [0.4, 0.5) is 11.4 Å². The number of para-hydroxylation sites is 2. The lowest BCUT2D eigenvalue weighted by Crippen LogP contribution is -2.20. The van der Waals surface area contributed by atoms with Gasteiger partial charge in [0, 0.05) is 11.4 Å². The number of hydrogen-bond donors (Lipinski definition) is 2. The molecule has 6 heteroatoms. The summed E-state index contributed by atoms with van der Waals surface area (Å²) in [5.41, 5.74) is 2.80. The first kappa shape index (κ1) is 21.3. The molecule has 3 aromatic rings. The standard InChI is InChI=1S/C25H21N3O3/c1-18-8-5-6-13-23(18)28-25(30)20(16-26)14-19-9-7-12-22(15-19)31-17-24(29)27-21-10-3-2-4-11-21/h2-15H,17H2,1H3,(H,27,29)(H,28,30)/b20-14-. The minimum Gasteiger partial charge on any atom is -0.484 e. The summed E-state index contributed by atoms with van der Waals surface area (Å²) in [6.07, 6.45) is 1.48. The molecular weight excluding hydrogens is 390 g/mol. The second-order valence-electron chi connectivity index (χ2n) is 6.71. The van der Waals surface area contributed by atoms with Crippen LogP contribution in [0.3, 0.4) is 0 Å². The predicted molar refractivity (Wildman–Crippen MR) is 120 cm³/mol. The van der Waals surface area contributed by atoms with Gasteiger partial charge in [-0.15, -0.1) is 0 Å². The molecule has 0 saturated heterocycles. The number of benzene rings is 3. The highest BCUT2D eigenvalue weighted by atomic mass is 16.5. The highest BCUT2D eigenvalue weighted by Gasteiger charge is 2.11. The summed E-state index contributed by atoms with van der Waals surface area (Å²) in [5.74, 6) is -0.332. The van der Waals surface area contributed by atoms with Gasteiger partial charge in [-0.2, -0.15) is 5.26 Å². The molecule has 0 aliphatic heterocycles. The normalized spacial score (nSPS) is 10.6. The topological polar surface area (TPSA) is 91.2 Å². The van der Waals surface area contributed by atoms with Gasteiger partial charge in [-0.05, 0) is 54.5 Å². The van der Waals surface area contributed by atoms with Gasteiger partial charge in [0.15, 0.2) is 6.61 Å². The lowest BCUT2D eigenvalue weighted by Gasteiger charge is -2.09. The Bertz CT molecular complexity index is 1150. The third-order valence-electron chi connectivity index (χ3n) is 4.35. The Morgan fingerprint density at radius 2 is 1.71 bits per heavy atom. The van der Waals surface area contributed by atoms with Gasteiger partial charge in [0.1, 0.15) is 17.4 Å². The van der Waals surface area contributed by atoms with Crippen LogP contribution in [0.15, 0.2) is 84.4 Å². The van der Waals surface area contributed by atoms with E-state index in [4.69, 9.17) is 4.74 Å². The maximum Gasteiger partial charge on any atom is 0.266 e. The van der Waals surface area contributed by atoms with Crippen LogP contribution in [0, 0.1) is 18.3 Å². The molecule has 0 bridgehead atoms. The summed E-state index contributed by atoms with van der Waals surface area (Å²) in [7, 11) is 0. The van der Waals surface area contributed by atoms with Crippen molar-refractivity contribution in [3.63, 3.8) is 0 Å². The van der Waals surface area contributed by atoms with Crippen LogP contribution in [0.2, 0.25) is 0 Å². The Labute approximate surface area is 180 Å². The zero-order chi connectivity index (χ0) is 22.1. The first-order valence-electron chi connectivity index (χ1n) is 9.61. The third-order valence-corrected chi connectivity index (χ3v) is 4.35. The zero-order valence-corrected chi connectivity index (χ0v) is 17.0. The molecule has 0 aliphatic carbocycles. The van der Waals surface area contributed by atoms with Crippen molar-refractivity contribution in [3.05, 3.63) is 95.6 Å². The van der Waals surface area contributed by atoms with Crippen LogP contribution >= 0.6 is 0 Å². The van der Waals surface area contributed by atoms with Gasteiger partial charge < -0.3 is 15.4 Å². The van der Waals surface area contributed by atoms with Gasteiger partial charge in [0.25, 0.3) is 11.8 Å². The minimum absolute atomic E-state index is 0.0396. The van der Waals surface area contributed by atoms with E-state index in [9.17, 15) is 14.9 Å². The molecule has 0 spiro atoms. The molecule has 3 aromatic carbocycles. The first-order valence-corrected chi connectivity index (χ1v) is 9.61. The number of amides is 2. The molecule has 0 radical (unpaired) electrons. The van der Waals surface area contributed by atoms with Gasteiger partial charge >= 0.3 is 0 Å². The quantitative estimate of drug-likeness (QED) is 0.440. The van der Waals surface area contributed by atoms with Crippen molar-refractivity contribution in [3.8, 4) is 11.8 Å². The fourth-order valence-corrected chi connectivity index (χ4v) is 2.78. The van der Waals surface area contributed by atoms with Gasteiger partial charge in [0.05, 0.1) is 0 Å². The maximum absolute atomic E-state index is 12.5. The van der Waals surface area contributed by atoms with Crippen molar-refractivity contribution in [2.45, 2.75) is 6.92 Å². The summed E-state index contributed by atoms with van der Waals surface area (Å²) < 4.78 is 5.54. The first-order chi connectivity index (χ1) is 15.0. The Balaban J connectivity index is 1.64. The fourth-order valence-electron chi connectivity index (χ4n) is 2.78. The third kappa shape index (κ3) is 6.31. The lowest BCUT2D eigenvalue weighted by molar-refractivity contribution is -0.118. The highest BCUT2D eigenvalue weighted by molar-refractivity contribution is 6.10. The number of rotatable bonds is 7. The zero-order valence-electron chi connectivity index (χ0n) is 17.0. The van der Waals surface area contributed by atoms with E-state index >= 15 is 0 Å². The predicted octanol–water partition coefficient (Wildman–Crippen LogP) is 4.56. The van der Waals surface area contributed by atoms with Gasteiger partial charge in [-0.25, -0.2) is 0 Å². The summed E-state index contributed by atoms with van der Waals surface area (Å²) in [6.45, 7) is 1.71. The van der Waals surface area contributed by atoms with E-state index in [2.05, 4.69) is 10.6 Å². The van der Waals surface area contributed by atoms with E-state index in [-0.39, 0.29) is 18.1 Å². The fraction of sp³-hybridized carbons (Fsp3) is 0.0800. The van der Waals surface area contributed by atoms with E-state index < -0.39 is 5.91 Å². The molecule has 3 rings (SSSR count). The van der Waals surface area contributed by atoms with E-state index in [1.807, 2.05) is 49.4 Å². The summed E-state index contributed by atoms with van der Waals surface area (Å²) in [6, 6.07) is 25.2. The van der Waals surface area contributed by atoms with E-state index in [1.54, 1.807) is 42.5 Å². The summed E-state index contributed by atoms with van der Waals surface area (Å²) in [5, 5.41) is 14.9. The van der Waals surface area contributed by atoms with Crippen molar-refractivity contribution in [1.29, 1.82) is 5.26 Å². The number of nitrogens with zero attached hydrogens (tertiary/aromatic N) is 1. The monoisotopic (exact) mass is 411 g/mol. The van der Waals surface area contributed by atoms with E-state index in [0.29, 0.717) is 22.7 Å². The number of ether oxygens (including phenoxy) is 1. The lowest BCUT2D eigenvalue weighted by atomic mass is 10.1. The number of nitrogens with one attached hydrogen (secondary N) is 2. The second kappa shape index (κ2) is 10.4. The van der Waals surface area contributed by atoms with Crippen LogP contribution in [0.25, 0.3) is 6.08 Å². The molecule has 31 heavy (non-hydrogen) atoms. The summed E-state index contributed by atoms with van der Waals surface area (Å²) in [4.78, 5) is 24.5. The van der Waals surface area contributed by atoms with Crippen molar-refractivity contribution in [2.75, 3.05) is 17.2 Å². The number of hydrogen-bond acceptors (Lipinski definition) is 4. The molecule has 0 aliphatic rings. The van der Waals surface area contributed by atoms with Crippen molar-refractivity contribution >= 4 is 29.3 Å². The van der Waals surface area contributed by atoms with Crippen molar-refractivity contribution < 1.29 is 14.3 Å². The summed E-state index contributed by atoms with van der Waals surface area (Å²) >= 11 is 0. The molecule has 0 heterocycles. The van der Waals surface area contributed by atoms with E-state index in [1.165, 1.54) is 6.08 Å². The number of carbonyl (C=O) groups is 2. The molecule has 2 amide bonds. The largest absolute Gasteiger partial charge is 0.484 e. The molecule has 0 saturated carbocycles. The minimum atomic E-state index is -0.495. The van der Waals surface area contributed by atoms with Gasteiger partial charge in [0.2, 0.25) is 0 Å². The SMILES string of the molecule is Cc1ccccc1NC(=O)/C(C#N)=C\c1cccc(OCC(=O)Nc2ccccc2)c1. The average molecular weight is 411 g/mol. The highest BCUT2D eigenvalue weighted by Crippen LogP contribution is 2.18. The maximum atomic E-state index is 12.5. The van der Waals surface area contributed by atoms with Crippen LogP contribution < -0.4 is 15.4 Å². The Morgan fingerprint density at radius 1 is 0.968 bits per heavy atom. The molecule has 0 aromatic heterocycles. The molecule has 6 nitrogen and oxygen atoms in total. The smallest absolute Gasteiger partial charge is 0.266 e. The number of anilines is 2. The van der Waals surface area contributed by atoms with Crippen LogP contribution in [-0.4, -0.2) is 18.4 Å². The van der Waals surface area contributed by atoms with Crippen LogP contribution in [0.1, 0.15) is 11.1 Å². The molecule has 0 fully saturated rings. The Hall–Kier alpha value is -4.37. The molecule has 0 atom stereocenters. The van der Waals surface area contributed by atoms with Crippen LogP contribution in [0.5, 0.6) is 5.75 Å². The molecule has 0 unspecified atom stereocenters. The number of nitriles is 1. The Morgan fingerprint density at radius 3 is 2.45 bits per heavy atom. The van der Waals surface area contributed by atoms with Crippen molar-refractivity contribution in [2.24, 2.45) is 0 Å². The van der Waals surface area contributed by atoms with Crippen molar-refractivity contribution in [1.82, 2.24) is 0 Å². The average Bonchev–Trinajstić information content (AvgIpc) is 2.78. The van der Waals surface area contributed by atoms with Gasteiger partial charge in [-0.1, -0.05) is 48.5 Å². The molecule has 154 valence electrons. The molecular formula is C25H21N3O3. The second-order valence-corrected chi connectivity index (χ2v) is 6.71. The number of carbonyl (C=O) groups excluding carboxylic acids is 2. The van der Waals surface area contributed by atoms with Crippen LogP contribution in [-0.2, 0) is 9.59 Å². The number of aryl methyl sites for hydroxylation is 1.